The van der Waals surface area contributed by atoms with E-state index in [0.29, 0.717) is 0 Å². The number of nitro benzene ring substituents is 1. The number of hydrogen-bond donors (Lipinski definition) is 2. The molecular formula is C10H13N3O2. The van der Waals surface area contributed by atoms with Crippen LogP contribution in [0, 0.1) is 22.4 Å². The molecule has 15 heavy (non-hydrogen) atoms. The lowest BCUT2D eigenvalue weighted by molar-refractivity contribution is -0.384. The largest absolute Gasteiger partial charge is 0.387 e. The lowest BCUT2D eigenvalue weighted by Gasteiger charge is -2.12. The molecule has 0 aliphatic rings. The Morgan fingerprint density at radius 1 is 1.60 bits per heavy atom. The van der Waals surface area contributed by atoms with Crippen molar-refractivity contribution in [3.05, 3.63) is 39.4 Å². The highest BCUT2D eigenvalue weighted by Gasteiger charge is 2.14. The summed E-state index contributed by atoms with van der Waals surface area (Å²) in [4.78, 5) is 10.1. The lowest BCUT2D eigenvalue weighted by atomic mass is 9.95. The van der Waals surface area contributed by atoms with Crippen LogP contribution in [0.3, 0.4) is 0 Å². The van der Waals surface area contributed by atoms with Gasteiger partial charge in [0.25, 0.3) is 5.69 Å². The van der Waals surface area contributed by atoms with E-state index in [9.17, 15) is 10.1 Å². The summed E-state index contributed by atoms with van der Waals surface area (Å²) in [6.07, 6.45) is 0. The van der Waals surface area contributed by atoms with Crippen molar-refractivity contribution in [3.63, 3.8) is 0 Å². The van der Waals surface area contributed by atoms with Gasteiger partial charge < -0.3 is 5.73 Å². The Labute approximate surface area is 87.6 Å². The van der Waals surface area contributed by atoms with Crippen LogP contribution in [-0.2, 0) is 0 Å². The monoisotopic (exact) mass is 207 g/mol. The molecule has 1 unspecified atom stereocenters. The molecular weight excluding hydrogens is 194 g/mol. The second kappa shape index (κ2) is 4.08. The van der Waals surface area contributed by atoms with E-state index in [1.54, 1.807) is 19.9 Å². The van der Waals surface area contributed by atoms with Gasteiger partial charge in [0.05, 0.1) is 10.8 Å². The summed E-state index contributed by atoms with van der Waals surface area (Å²) in [6.45, 7) is 3.58. The van der Waals surface area contributed by atoms with Crippen molar-refractivity contribution in [2.45, 2.75) is 19.8 Å². The van der Waals surface area contributed by atoms with Crippen LogP contribution >= 0.6 is 0 Å². The minimum absolute atomic E-state index is 0.0620. The zero-order chi connectivity index (χ0) is 11.6. The molecule has 0 aliphatic carbocycles. The number of nitrogens with two attached hydrogens (primary N) is 1. The fourth-order valence-corrected chi connectivity index (χ4v) is 1.43. The van der Waals surface area contributed by atoms with E-state index in [4.69, 9.17) is 11.1 Å². The van der Waals surface area contributed by atoms with Crippen LogP contribution in [0.25, 0.3) is 0 Å². The topological polar surface area (TPSA) is 93.0 Å². The maximum Gasteiger partial charge on any atom is 0.269 e. The Balaban J connectivity index is 3.13. The standard InChI is InChI=1S/C10H13N3O2/c1-6-5-8(13(14)15)3-4-9(6)7(2)10(11)12/h3-5,7H,1-2H3,(H3,11,12). The summed E-state index contributed by atoms with van der Waals surface area (Å²) in [5, 5.41) is 17.8. The molecule has 0 saturated carbocycles. The molecule has 80 valence electrons. The van der Waals surface area contributed by atoms with E-state index in [1.807, 2.05) is 0 Å². The molecule has 1 aromatic rings. The van der Waals surface area contributed by atoms with E-state index in [-0.39, 0.29) is 17.4 Å². The third kappa shape index (κ3) is 2.31. The van der Waals surface area contributed by atoms with Crippen LogP contribution in [0.2, 0.25) is 0 Å². The summed E-state index contributed by atoms with van der Waals surface area (Å²) in [6, 6.07) is 4.58. The first-order valence-electron chi connectivity index (χ1n) is 4.52. The fraction of sp³-hybridized carbons (Fsp3) is 0.300. The maximum absolute atomic E-state index is 10.5. The molecule has 0 fully saturated rings. The van der Waals surface area contributed by atoms with Crippen molar-refractivity contribution in [3.8, 4) is 0 Å². The second-order valence-corrected chi connectivity index (χ2v) is 3.48. The van der Waals surface area contributed by atoms with Crippen molar-refractivity contribution in [2.24, 2.45) is 5.73 Å². The molecule has 5 nitrogen and oxygen atoms in total. The second-order valence-electron chi connectivity index (χ2n) is 3.48. The average molecular weight is 207 g/mol. The number of hydrogen-bond acceptors (Lipinski definition) is 3. The van der Waals surface area contributed by atoms with Crippen LogP contribution in [0.5, 0.6) is 0 Å². The summed E-state index contributed by atoms with van der Waals surface area (Å²) in [7, 11) is 0. The molecule has 0 aromatic heterocycles. The smallest absolute Gasteiger partial charge is 0.269 e. The van der Waals surface area contributed by atoms with Crippen LogP contribution < -0.4 is 5.73 Å². The first-order valence-corrected chi connectivity index (χ1v) is 4.52. The molecule has 1 rings (SSSR count). The van der Waals surface area contributed by atoms with Gasteiger partial charge in [-0.25, -0.2) is 0 Å². The molecule has 1 aromatic carbocycles. The predicted octanol–water partition coefficient (Wildman–Crippen LogP) is 1.94. The van der Waals surface area contributed by atoms with E-state index in [2.05, 4.69) is 0 Å². The normalized spacial score (nSPS) is 12.1. The predicted molar refractivity (Wildman–Crippen MR) is 58.2 cm³/mol. The number of aryl methyl sites for hydroxylation is 1. The third-order valence-electron chi connectivity index (χ3n) is 2.40. The maximum atomic E-state index is 10.5. The Hall–Kier alpha value is -1.91. The molecule has 1 atom stereocenters. The highest BCUT2D eigenvalue weighted by molar-refractivity contribution is 5.84. The fourth-order valence-electron chi connectivity index (χ4n) is 1.43. The van der Waals surface area contributed by atoms with Gasteiger partial charge in [0.1, 0.15) is 0 Å². The minimum Gasteiger partial charge on any atom is -0.387 e. The van der Waals surface area contributed by atoms with E-state index < -0.39 is 4.92 Å². The number of nitrogens with one attached hydrogen (secondary N) is 1. The molecule has 0 heterocycles. The van der Waals surface area contributed by atoms with Gasteiger partial charge in [0.15, 0.2) is 0 Å². The van der Waals surface area contributed by atoms with Gasteiger partial charge in [-0.15, -0.1) is 0 Å². The Morgan fingerprint density at radius 3 is 2.60 bits per heavy atom. The van der Waals surface area contributed by atoms with Gasteiger partial charge in [0.2, 0.25) is 0 Å². The van der Waals surface area contributed by atoms with Gasteiger partial charge in [-0.1, -0.05) is 13.0 Å². The Bertz CT molecular complexity index is 415. The van der Waals surface area contributed by atoms with Gasteiger partial charge in [-0.3, -0.25) is 15.5 Å². The summed E-state index contributed by atoms with van der Waals surface area (Å²) in [5.74, 6) is -0.141. The van der Waals surface area contributed by atoms with Gasteiger partial charge in [0, 0.05) is 18.1 Å². The first-order chi connectivity index (χ1) is 6.93. The highest BCUT2D eigenvalue weighted by Crippen LogP contribution is 2.23. The number of nitro groups is 1. The van der Waals surface area contributed by atoms with Gasteiger partial charge in [-0.05, 0) is 18.1 Å². The van der Waals surface area contributed by atoms with E-state index in [1.165, 1.54) is 12.1 Å². The molecule has 0 aliphatic heterocycles. The average Bonchev–Trinajstić information content (AvgIpc) is 2.16. The summed E-state index contributed by atoms with van der Waals surface area (Å²) < 4.78 is 0. The molecule has 0 amide bonds. The lowest BCUT2D eigenvalue weighted by Crippen LogP contribution is -2.18. The van der Waals surface area contributed by atoms with Crippen LogP contribution in [0.1, 0.15) is 24.0 Å². The van der Waals surface area contributed by atoms with E-state index in [0.717, 1.165) is 11.1 Å². The molecule has 0 spiro atoms. The molecule has 5 heteroatoms. The summed E-state index contributed by atoms with van der Waals surface area (Å²) in [5.41, 5.74) is 7.09. The van der Waals surface area contributed by atoms with Crippen LogP contribution in [0.15, 0.2) is 18.2 Å². The Morgan fingerprint density at radius 2 is 2.20 bits per heavy atom. The van der Waals surface area contributed by atoms with E-state index >= 15 is 0 Å². The van der Waals surface area contributed by atoms with Crippen molar-refractivity contribution in [2.75, 3.05) is 0 Å². The van der Waals surface area contributed by atoms with Crippen molar-refractivity contribution in [1.82, 2.24) is 0 Å². The molecule has 0 saturated heterocycles. The van der Waals surface area contributed by atoms with Crippen molar-refractivity contribution >= 4 is 11.5 Å². The van der Waals surface area contributed by atoms with Gasteiger partial charge >= 0.3 is 0 Å². The van der Waals surface area contributed by atoms with Crippen LogP contribution in [-0.4, -0.2) is 10.8 Å². The first kappa shape index (κ1) is 11.2. The van der Waals surface area contributed by atoms with Crippen LogP contribution in [0.4, 0.5) is 5.69 Å². The summed E-state index contributed by atoms with van der Waals surface area (Å²) >= 11 is 0. The van der Waals surface area contributed by atoms with Crippen molar-refractivity contribution in [1.29, 1.82) is 5.41 Å². The molecule has 0 radical (unpaired) electrons. The zero-order valence-corrected chi connectivity index (χ0v) is 8.65. The zero-order valence-electron chi connectivity index (χ0n) is 8.65. The number of amidine groups is 1. The number of nitrogens with zero attached hydrogens (tertiary/aromatic N) is 1. The Kier molecular flexibility index (Phi) is 3.04. The van der Waals surface area contributed by atoms with Gasteiger partial charge in [-0.2, -0.15) is 0 Å². The minimum atomic E-state index is -0.435. The van der Waals surface area contributed by atoms with Crippen molar-refractivity contribution < 1.29 is 4.92 Å². The quantitative estimate of drug-likeness (QED) is 0.343. The number of non-ortho nitro benzene ring substituents is 1. The number of benzene rings is 1. The number of rotatable bonds is 3. The SMILES string of the molecule is Cc1cc([N+](=O)[O-])ccc1C(C)C(=N)N. The third-order valence-corrected chi connectivity index (χ3v) is 2.40. The molecule has 3 N–H and O–H groups in total. The highest BCUT2D eigenvalue weighted by atomic mass is 16.6. The molecule has 0 bridgehead atoms.